The summed E-state index contributed by atoms with van der Waals surface area (Å²) in [6.45, 7) is 3.23. The van der Waals surface area contributed by atoms with Crippen LogP contribution < -0.4 is 0 Å². The normalized spacial score (nSPS) is 19.8. The standard InChI is InChI=1S/C18H40O17P4/c1-3-5-7-9-11-13-15-30-36(22,23)34-38(26,27)32-18(21,17(19)20)33-39(28,29)35-37(24,25)31-16-14-12-10-8-6-4-2/h21H,3-16H2,1-2H3,(H,19,20)(H,22,23)(H,24,25)(H,26,27)(H,28,29). The Labute approximate surface area is 227 Å². The highest BCUT2D eigenvalue weighted by molar-refractivity contribution is 7.62. The molecule has 0 saturated heterocycles. The van der Waals surface area contributed by atoms with E-state index >= 15 is 0 Å². The predicted octanol–water partition coefficient (Wildman–Crippen LogP) is 4.94. The lowest BCUT2D eigenvalue weighted by Gasteiger charge is -2.27. The minimum atomic E-state index is -6.08. The summed E-state index contributed by atoms with van der Waals surface area (Å²) < 4.78 is 72.2. The van der Waals surface area contributed by atoms with Gasteiger partial charge in [0.1, 0.15) is 0 Å². The minimum Gasteiger partial charge on any atom is -0.475 e. The zero-order chi connectivity index (χ0) is 30.2. The maximum atomic E-state index is 12.1. The summed E-state index contributed by atoms with van der Waals surface area (Å²) in [4.78, 5) is 49.8. The Kier molecular flexibility index (Phi) is 18.5. The van der Waals surface area contributed by atoms with Crippen molar-refractivity contribution in [1.29, 1.82) is 0 Å². The van der Waals surface area contributed by atoms with Gasteiger partial charge in [-0.2, -0.15) is 8.62 Å². The Balaban J connectivity index is 5.01. The first-order valence-electron chi connectivity index (χ1n) is 12.3. The maximum absolute atomic E-state index is 12.1. The molecule has 0 bridgehead atoms. The van der Waals surface area contributed by atoms with Crippen LogP contribution >= 0.6 is 31.3 Å². The second kappa shape index (κ2) is 18.5. The van der Waals surface area contributed by atoms with Gasteiger partial charge in [0.25, 0.3) is 0 Å². The van der Waals surface area contributed by atoms with Gasteiger partial charge in [0, 0.05) is 0 Å². The zero-order valence-corrected chi connectivity index (χ0v) is 25.4. The molecule has 39 heavy (non-hydrogen) atoms. The van der Waals surface area contributed by atoms with Gasteiger partial charge in [0.15, 0.2) is 0 Å². The SMILES string of the molecule is CCCCCCCCOP(=O)(O)OP(=O)(O)OC(O)(OP(=O)(O)OP(=O)(O)OCCCCCCCC)C(=O)O. The molecule has 4 atom stereocenters. The van der Waals surface area contributed by atoms with Crippen molar-refractivity contribution in [2.75, 3.05) is 13.2 Å². The number of phosphoric acid groups is 4. The highest BCUT2D eigenvalue weighted by Gasteiger charge is 2.55. The lowest BCUT2D eigenvalue weighted by Crippen LogP contribution is -2.42. The number of carboxylic acid groups (broad SMARTS) is 1. The number of unbranched alkanes of at least 4 members (excludes halogenated alkanes) is 10. The maximum Gasteiger partial charge on any atom is 0.485 e. The molecule has 0 aliphatic heterocycles. The van der Waals surface area contributed by atoms with Crippen molar-refractivity contribution in [2.24, 2.45) is 0 Å². The van der Waals surface area contributed by atoms with Gasteiger partial charge in [-0.1, -0.05) is 78.1 Å². The molecule has 0 aliphatic carbocycles. The van der Waals surface area contributed by atoms with E-state index in [1.165, 1.54) is 0 Å². The van der Waals surface area contributed by atoms with Crippen LogP contribution in [0.5, 0.6) is 0 Å². The van der Waals surface area contributed by atoms with Crippen LogP contribution in [0.1, 0.15) is 90.9 Å². The van der Waals surface area contributed by atoms with E-state index in [4.69, 9.17) is 5.11 Å². The van der Waals surface area contributed by atoms with Crippen LogP contribution in [0.3, 0.4) is 0 Å². The van der Waals surface area contributed by atoms with Gasteiger partial charge in [-0.05, 0) is 12.8 Å². The number of rotatable bonds is 25. The second-order valence-corrected chi connectivity index (χ2v) is 14.2. The Morgan fingerprint density at radius 3 is 1.21 bits per heavy atom. The average Bonchev–Trinajstić information content (AvgIpc) is 2.75. The van der Waals surface area contributed by atoms with E-state index in [0.29, 0.717) is 12.8 Å². The molecule has 6 N–H and O–H groups in total. The molecule has 0 saturated carbocycles. The summed E-state index contributed by atoms with van der Waals surface area (Å²) in [5.74, 6) is -7.30. The Hall–Kier alpha value is -0.0500. The monoisotopic (exact) mass is 652 g/mol. The molecule has 0 rings (SSSR count). The van der Waals surface area contributed by atoms with Gasteiger partial charge in [0.05, 0.1) is 13.2 Å². The number of carbonyl (C=O) groups is 1. The van der Waals surface area contributed by atoms with Crippen molar-refractivity contribution >= 4 is 37.3 Å². The quantitative estimate of drug-likeness (QED) is 0.0433. The molecule has 234 valence electrons. The van der Waals surface area contributed by atoms with E-state index in [1.807, 2.05) is 13.8 Å². The summed E-state index contributed by atoms with van der Waals surface area (Å²) >= 11 is 0. The first-order valence-corrected chi connectivity index (χ1v) is 18.3. The molecule has 4 unspecified atom stereocenters. The third-order valence-electron chi connectivity index (χ3n) is 4.67. The van der Waals surface area contributed by atoms with Crippen LogP contribution in [0, 0.1) is 0 Å². The summed E-state index contributed by atoms with van der Waals surface area (Å²) in [5, 5.41) is 19.0. The molecule has 0 fully saturated rings. The molecule has 0 aliphatic rings. The fourth-order valence-electron chi connectivity index (χ4n) is 2.87. The van der Waals surface area contributed by atoms with E-state index < -0.39 is 56.4 Å². The number of phosphoric ester groups is 4. The van der Waals surface area contributed by atoms with Crippen LogP contribution in [0.25, 0.3) is 0 Å². The van der Waals surface area contributed by atoms with Gasteiger partial charge in [-0.3, -0.25) is 9.05 Å². The van der Waals surface area contributed by atoms with Gasteiger partial charge < -0.3 is 29.8 Å². The number of aliphatic hydroxyl groups is 1. The van der Waals surface area contributed by atoms with Crippen LogP contribution in [0.4, 0.5) is 0 Å². The van der Waals surface area contributed by atoms with Gasteiger partial charge in [-0.15, -0.1) is 0 Å². The molecule has 0 aromatic carbocycles. The summed E-state index contributed by atoms with van der Waals surface area (Å²) in [6, 6.07) is 0. The first-order chi connectivity index (χ1) is 17.9. The Morgan fingerprint density at radius 2 is 0.897 bits per heavy atom. The van der Waals surface area contributed by atoms with Crippen molar-refractivity contribution in [1.82, 2.24) is 0 Å². The Bertz CT molecular complexity index is 850. The van der Waals surface area contributed by atoms with Crippen LogP contribution in [0.2, 0.25) is 0 Å². The highest BCUT2D eigenvalue weighted by atomic mass is 31.3. The average molecular weight is 652 g/mol. The van der Waals surface area contributed by atoms with Crippen molar-refractivity contribution in [3.8, 4) is 0 Å². The van der Waals surface area contributed by atoms with Crippen molar-refractivity contribution in [3.63, 3.8) is 0 Å². The molecule has 0 aromatic rings. The molecule has 0 radical (unpaired) electrons. The van der Waals surface area contributed by atoms with Gasteiger partial charge >= 0.3 is 43.2 Å². The molecule has 0 heterocycles. The van der Waals surface area contributed by atoms with E-state index in [9.17, 15) is 47.7 Å². The van der Waals surface area contributed by atoms with Crippen LogP contribution in [-0.4, -0.2) is 54.9 Å². The zero-order valence-electron chi connectivity index (χ0n) is 21.9. The summed E-state index contributed by atoms with van der Waals surface area (Å²) in [6.07, 6.45) is 9.17. The van der Waals surface area contributed by atoms with Crippen LogP contribution in [0.15, 0.2) is 0 Å². The fourth-order valence-corrected chi connectivity index (χ4v) is 7.24. The smallest absolute Gasteiger partial charge is 0.475 e. The number of hydrogen-bond acceptors (Lipinski definition) is 12. The van der Waals surface area contributed by atoms with Gasteiger partial charge in [-0.25, -0.2) is 32.1 Å². The molecule has 0 aromatic heterocycles. The predicted molar refractivity (Wildman–Crippen MR) is 135 cm³/mol. The van der Waals surface area contributed by atoms with Gasteiger partial charge in [0.2, 0.25) is 0 Å². The number of carboxylic acids is 1. The molecular formula is C18H40O17P4. The van der Waals surface area contributed by atoms with E-state index in [1.54, 1.807) is 0 Å². The highest BCUT2D eigenvalue weighted by Crippen LogP contribution is 2.65. The van der Waals surface area contributed by atoms with Crippen LogP contribution in [-0.2, 0) is 49.8 Å². The van der Waals surface area contributed by atoms with Crippen molar-refractivity contribution in [2.45, 2.75) is 96.9 Å². The van der Waals surface area contributed by atoms with Crippen molar-refractivity contribution < 1.29 is 79.6 Å². The minimum absolute atomic E-state index is 0.267. The van der Waals surface area contributed by atoms with E-state index in [2.05, 4.69) is 26.7 Å². The van der Waals surface area contributed by atoms with Crippen molar-refractivity contribution in [3.05, 3.63) is 0 Å². The third-order valence-corrected chi connectivity index (χ3v) is 9.94. The third kappa shape index (κ3) is 19.7. The first kappa shape index (κ1) is 39.0. The lowest BCUT2D eigenvalue weighted by molar-refractivity contribution is -0.279. The lowest BCUT2D eigenvalue weighted by atomic mass is 10.1. The Morgan fingerprint density at radius 1 is 0.590 bits per heavy atom. The largest absolute Gasteiger partial charge is 0.485 e. The number of aliphatic carboxylic acids is 1. The van der Waals surface area contributed by atoms with E-state index in [0.717, 1.165) is 51.4 Å². The van der Waals surface area contributed by atoms with E-state index in [-0.39, 0.29) is 12.8 Å². The molecule has 17 nitrogen and oxygen atoms in total. The molecule has 0 spiro atoms. The molecule has 21 heteroatoms. The number of hydrogen-bond donors (Lipinski definition) is 6. The fraction of sp³-hybridized carbons (Fsp3) is 0.944. The second-order valence-electron chi connectivity index (χ2n) is 8.31. The topological polar surface area (TPSA) is 262 Å². The molecular weight excluding hydrogens is 612 g/mol. The summed E-state index contributed by atoms with van der Waals surface area (Å²) in [5.41, 5.74) is 0. The molecule has 0 amide bonds. The summed E-state index contributed by atoms with van der Waals surface area (Å²) in [7, 11) is -22.9.